The van der Waals surface area contributed by atoms with Gasteiger partial charge in [-0.05, 0) is 12.8 Å². The fourth-order valence-electron chi connectivity index (χ4n) is 0.934. The van der Waals surface area contributed by atoms with Crippen LogP contribution in [-0.2, 0) is 4.57 Å². The Bertz CT molecular complexity index is 192. The molecule has 0 saturated carbocycles. The summed E-state index contributed by atoms with van der Waals surface area (Å²) >= 11 is 0. The van der Waals surface area contributed by atoms with E-state index in [1.54, 1.807) is 6.08 Å². The van der Waals surface area contributed by atoms with E-state index >= 15 is 0 Å². The van der Waals surface area contributed by atoms with Gasteiger partial charge in [-0.25, -0.2) is 0 Å². The van der Waals surface area contributed by atoms with Crippen molar-refractivity contribution < 1.29 is 14.4 Å². The van der Waals surface area contributed by atoms with Crippen LogP contribution in [0.3, 0.4) is 0 Å². The Labute approximate surface area is 73.7 Å². The molecule has 0 aliphatic carbocycles. The van der Waals surface area contributed by atoms with E-state index in [0.29, 0.717) is 11.7 Å². The zero-order valence-corrected chi connectivity index (χ0v) is 8.55. The predicted molar refractivity (Wildman–Crippen MR) is 49.9 cm³/mol. The van der Waals surface area contributed by atoms with Crippen LogP contribution in [0.15, 0.2) is 11.4 Å². The van der Waals surface area contributed by atoms with Crippen molar-refractivity contribution in [2.75, 3.05) is 0 Å². The maximum absolute atomic E-state index is 10.9. The van der Waals surface area contributed by atoms with Crippen LogP contribution in [0.4, 0.5) is 0 Å². The number of rotatable bonds is 5. The average molecular weight is 192 g/mol. The Morgan fingerprint density at radius 2 is 1.92 bits per heavy atom. The summed E-state index contributed by atoms with van der Waals surface area (Å²) in [7, 11) is -3.96. The first-order chi connectivity index (χ1) is 5.52. The summed E-state index contributed by atoms with van der Waals surface area (Å²) in [5, 5.41) is 0.298. The van der Waals surface area contributed by atoms with E-state index in [1.807, 2.05) is 13.8 Å². The van der Waals surface area contributed by atoms with E-state index in [1.165, 1.54) is 0 Å². The fraction of sp³-hybridized carbons (Fsp3) is 0.750. The third-order valence-electron chi connectivity index (χ3n) is 1.55. The zero-order chi connectivity index (χ0) is 9.61. The molecule has 0 fully saturated rings. The lowest BCUT2D eigenvalue weighted by atomic mass is 10.2. The molecule has 2 N–H and O–H groups in total. The van der Waals surface area contributed by atoms with Crippen molar-refractivity contribution >= 4 is 7.60 Å². The highest BCUT2D eigenvalue weighted by Gasteiger charge is 2.18. The molecule has 0 spiro atoms. The molecule has 0 bridgehead atoms. The van der Waals surface area contributed by atoms with Gasteiger partial charge in [-0.1, -0.05) is 32.8 Å². The smallest absolute Gasteiger partial charge is 0.321 e. The summed E-state index contributed by atoms with van der Waals surface area (Å²) in [5.74, 6) is 0. The van der Waals surface area contributed by atoms with Crippen LogP contribution < -0.4 is 0 Å². The Morgan fingerprint density at radius 3 is 2.25 bits per heavy atom. The number of hydrogen-bond acceptors (Lipinski definition) is 1. The van der Waals surface area contributed by atoms with E-state index < -0.39 is 7.60 Å². The molecule has 0 unspecified atom stereocenters. The van der Waals surface area contributed by atoms with Gasteiger partial charge in [0, 0.05) is 5.31 Å². The summed E-state index contributed by atoms with van der Waals surface area (Å²) in [6.07, 6.45) is 4.63. The van der Waals surface area contributed by atoms with Crippen molar-refractivity contribution in [3.05, 3.63) is 11.4 Å². The van der Waals surface area contributed by atoms with E-state index in [2.05, 4.69) is 0 Å². The summed E-state index contributed by atoms with van der Waals surface area (Å²) in [5.41, 5.74) is 0. The first-order valence-corrected chi connectivity index (χ1v) is 5.88. The highest BCUT2D eigenvalue weighted by Crippen LogP contribution is 2.47. The molecule has 0 heterocycles. The minimum Gasteiger partial charge on any atom is -0.321 e. The molecular weight excluding hydrogens is 175 g/mol. The van der Waals surface area contributed by atoms with Gasteiger partial charge in [0.1, 0.15) is 0 Å². The molecule has 3 nitrogen and oxygen atoms in total. The summed E-state index contributed by atoms with van der Waals surface area (Å²) in [6.45, 7) is 3.90. The van der Waals surface area contributed by atoms with Crippen LogP contribution >= 0.6 is 7.60 Å². The minimum absolute atomic E-state index is 0.298. The minimum atomic E-state index is -3.96. The molecule has 0 rings (SSSR count). The molecule has 0 aromatic heterocycles. The van der Waals surface area contributed by atoms with Gasteiger partial charge in [-0.3, -0.25) is 4.57 Å². The quantitative estimate of drug-likeness (QED) is 0.658. The van der Waals surface area contributed by atoms with Gasteiger partial charge in [0.15, 0.2) is 0 Å². The Morgan fingerprint density at radius 1 is 1.33 bits per heavy atom. The molecular formula is C8H17O3P. The maximum Gasteiger partial charge on any atom is 0.351 e. The van der Waals surface area contributed by atoms with E-state index in [9.17, 15) is 4.57 Å². The van der Waals surface area contributed by atoms with E-state index in [-0.39, 0.29) is 0 Å². The highest BCUT2D eigenvalue weighted by molar-refractivity contribution is 7.56. The van der Waals surface area contributed by atoms with Gasteiger partial charge in [0.2, 0.25) is 0 Å². The topological polar surface area (TPSA) is 57.5 Å². The molecule has 0 radical (unpaired) electrons. The van der Waals surface area contributed by atoms with E-state index in [0.717, 1.165) is 19.3 Å². The summed E-state index contributed by atoms with van der Waals surface area (Å²) in [4.78, 5) is 17.8. The van der Waals surface area contributed by atoms with Crippen LogP contribution in [0.5, 0.6) is 0 Å². The second-order valence-electron chi connectivity index (χ2n) is 2.78. The molecule has 0 aromatic carbocycles. The molecule has 0 aromatic rings. The normalized spacial score (nSPS) is 13.5. The first kappa shape index (κ1) is 11.9. The van der Waals surface area contributed by atoms with Gasteiger partial charge in [-0.15, -0.1) is 0 Å². The largest absolute Gasteiger partial charge is 0.351 e. The van der Waals surface area contributed by atoms with Crippen molar-refractivity contribution in [3.63, 3.8) is 0 Å². The van der Waals surface area contributed by atoms with Gasteiger partial charge >= 0.3 is 7.60 Å². The molecule has 0 aliphatic heterocycles. The Kier molecular flexibility index (Phi) is 5.47. The van der Waals surface area contributed by atoms with Crippen LogP contribution in [0, 0.1) is 0 Å². The van der Waals surface area contributed by atoms with Crippen LogP contribution in [0.25, 0.3) is 0 Å². The summed E-state index contributed by atoms with van der Waals surface area (Å²) in [6, 6.07) is 0. The van der Waals surface area contributed by atoms with Crippen molar-refractivity contribution in [2.24, 2.45) is 0 Å². The molecule has 0 atom stereocenters. The van der Waals surface area contributed by atoms with Gasteiger partial charge in [0.05, 0.1) is 0 Å². The lowest BCUT2D eigenvalue weighted by molar-refractivity contribution is 0.380. The van der Waals surface area contributed by atoms with Gasteiger partial charge in [0.25, 0.3) is 0 Å². The van der Waals surface area contributed by atoms with Crippen molar-refractivity contribution in [2.45, 2.75) is 39.5 Å². The second-order valence-corrected chi connectivity index (χ2v) is 4.44. The number of hydrogen-bond donors (Lipinski definition) is 2. The highest BCUT2D eigenvalue weighted by atomic mass is 31.2. The average Bonchev–Trinajstić information content (AvgIpc) is 1.95. The summed E-state index contributed by atoms with van der Waals surface area (Å²) < 4.78 is 10.9. The lowest BCUT2D eigenvalue weighted by Crippen LogP contribution is -1.86. The van der Waals surface area contributed by atoms with Crippen molar-refractivity contribution in [1.82, 2.24) is 0 Å². The van der Waals surface area contributed by atoms with Crippen molar-refractivity contribution in [3.8, 4) is 0 Å². The SMILES string of the molecule is CCCC=C(CCC)P(=O)(O)O. The van der Waals surface area contributed by atoms with Crippen molar-refractivity contribution in [1.29, 1.82) is 0 Å². The zero-order valence-electron chi connectivity index (χ0n) is 7.66. The van der Waals surface area contributed by atoms with E-state index in [4.69, 9.17) is 9.79 Å². The van der Waals surface area contributed by atoms with Crippen LogP contribution in [-0.4, -0.2) is 9.79 Å². The molecule has 0 amide bonds. The number of allylic oxidation sites excluding steroid dienone is 2. The van der Waals surface area contributed by atoms with Gasteiger partial charge in [-0.2, -0.15) is 0 Å². The number of unbranched alkanes of at least 4 members (excludes halogenated alkanes) is 1. The second kappa shape index (κ2) is 5.52. The van der Waals surface area contributed by atoms with Crippen LogP contribution in [0.2, 0.25) is 0 Å². The molecule has 0 saturated heterocycles. The van der Waals surface area contributed by atoms with Gasteiger partial charge < -0.3 is 9.79 Å². The monoisotopic (exact) mass is 192 g/mol. The maximum atomic E-state index is 10.9. The Hall–Kier alpha value is -0.110. The third kappa shape index (κ3) is 4.70. The molecule has 0 aliphatic rings. The lowest BCUT2D eigenvalue weighted by Gasteiger charge is -2.07. The molecule has 72 valence electrons. The predicted octanol–water partition coefficient (Wildman–Crippen LogP) is 2.65. The Balaban J connectivity index is 4.33. The van der Waals surface area contributed by atoms with Crippen LogP contribution in [0.1, 0.15) is 39.5 Å². The molecule has 4 heteroatoms. The fourth-order valence-corrected chi connectivity index (χ4v) is 1.82. The third-order valence-corrected chi connectivity index (χ3v) is 2.70. The first-order valence-electron chi connectivity index (χ1n) is 4.27. The molecule has 12 heavy (non-hydrogen) atoms. The standard InChI is InChI=1S/C8H17O3P/c1-3-5-7-8(6-4-2)12(9,10)11/h7H,3-6H2,1-2H3,(H2,9,10,11).